The smallest absolute Gasteiger partial charge is 0.193 e. The van der Waals surface area contributed by atoms with Crippen LogP contribution in [0.1, 0.15) is 39.0 Å². The highest BCUT2D eigenvalue weighted by atomic mass is 127. The summed E-state index contributed by atoms with van der Waals surface area (Å²) in [5.74, 6) is 2.07. The van der Waals surface area contributed by atoms with Crippen LogP contribution in [0.2, 0.25) is 0 Å². The van der Waals surface area contributed by atoms with Crippen LogP contribution in [0.3, 0.4) is 0 Å². The van der Waals surface area contributed by atoms with E-state index in [1.165, 1.54) is 12.8 Å². The van der Waals surface area contributed by atoms with Gasteiger partial charge in [-0.25, -0.2) is 0 Å². The fourth-order valence-electron chi connectivity index (χ4n) is 2.75. The first-order valence-corrected chi connectivity index (χ1v) is 8.46. The Balaban J connectivity index is 0.00000242. The van der Waals surface area contributed by atoms with Gasteiger partial charge in [0.2, 0.25) is 0 Å². The van der Waals surface area contributed by atoms with Gasteiger partial charge >= 0.3 is 0 Å². The van der Waals surface area contributed by atoms with Gasteiger partial charge in [0, 0.05) is 39.2 Å². The molecule has 2 saturated carbocycles. The third-order valence-corrected chi connectivity index (χ3v) is 4.41. The van der Waals surface area contributed by atoms with Crippen LogP contribution >= 0.6 is 24.0 Å². The number of rotatable bonds is 8. The van der Waals surface area contributed by atoms with Gasteiger partial charge in [0.1, 0.15) is 0 Å². The fraction of sp³-hybridized carbons (Fsp3) is 0.938. The molecule has 2 atom stereocenters. The molecule has 0 amide bonds. The number of aliphatic imine (C=N–C) groups is 1. The lowest BCUT2D eigenvalue weighted by Crippen LogP contribution is -2.41. The molecule has 5 nitrogen and oxygen atoms in total. The quantitative estimate of drug-likeness (QED) is 0.271. The third kappa shape index (κ3) is 7.00. The van der Waals surface area contributed by atoms with E-state index in [1.807, 2.05) is 7.05 Å². The number of hydrogen-bond acceptors (Lipinski definition) is 3. The molecule has 0 radical (unpaired) electrons. The van der Waals surface area contributed by atoms with E-state index in [2.05, 4.69) is 22.1 Å². The Kier molecular flexibility index (Phi) is 9.66. The summed E-state index contributed by atoms with van der Waals surface area (Å²) in [6.45, 7) is 6.18. The van der Waals surface area contributed by atoms with E-state index in [-0.39, 0.29) is 30.1 Å². The maximum absolute atomic E-state index is 9.88. The number of ether oxygens (including phenoxy) is 1. The van der Waals surface area contributed by atoms with Gasteiger partial charge in [-0.05, 0) is 38.5 Å². The molecule has 0 bridgehead atoms. The van der Waals surface area contributed by atoms with Crippen LogP contribution in [0, 0.1) is 11.8 Å². The van der Waals surface area contributed by atoms with Gasteiger partial charge in [-0.3, -0.25) is 4.99 Å². The van der Waals surface area contributed by atoms with E-state index in [1.54, 1.807) is 0 Å². The molecule has 0 aliphatic heterocycles. The van der Waals surface area contributed by atoms with E-state index in [0.717, 1.165) is 64.0 Å². The van der Waals surface area contributed by atoms with E-state index in [9.17, 15) is 5.11 Å². The molecule has 0 spiro atoms. The predicted molar refractivity (Wildman–Crippen MR) is 101 cm³/mol. The molecule has 0 aromatic carbocycles. The average molecular weight is 425 g/mol. The first-order chi connectivity index (χ1) is 10.2. The first-order valence-electron chi connectivity index (χ1n) is 8.46. The van der Waals surface area contributed by atoms with Gasteiger partial charge in [0.15, 0.2) is 5.96 Å². The Morgan fingerprint density at radius 2 is 2.09 bits per heavy atom. The minimum atomic E-state index is -0.163. The standard InChI is InChI=1S/C16H31N3O2.HI/c1-3-17-16(18-11-14-5-4-6-15(14)20)19(2)9-10-21-12-13-7-8-13;/h13-15,20H,3-12H2,1-2H3,(H,17,18);1H. The average Bonchev–Trinajstić information content (AvgIpc) is 3.21. The van der Waals surface area contributed by atoms with Crippen LogP contribution < -0.4 is 5.32 Å². The minimum absolute atomic E-state index is 0. The van der Waals surface area contributed by atoms with Crippen molar-refractivity contribution in [3.05, 3.63) is 0 Å². The Morgan fingerprint density at radius 3 is 2.68 bits per heavy atom. The Hall–Kier alpha value is -0.0800. The number of guanidine groups is 1. The summed E-state index contributed by atoms with van der Waals surface area (Å²) >= 11 is 0. The van der Waals surface area contributed by atoms with Crippen molar-refractivity contribution in [3.8, 4) is 0 Å². The van der Waals surface area contributed by atoms with Gasteiger partial charge in [0.25, 0.3) is 0 Å². The maximum Gasteiger partial charge on any atom is 0.193 e. The molecule has 0 aromatic rings. The first kappa shape index (κ1) is 20.0. The monoisotopic (exact) mass is 425 g/mol. The summed E-state index contributed by atoms with van der Waals surface area (Å²) in [6.07, 6.45) is 5.67. The van der Waals surface area contributed by atoms with Crippen LogP contribution in [0.4, 0.5) is 0 Å². The van der Waals surface area contributed by atoms with Crippen LogP contribution in [0.25, 0.3) is 0 Å². The number of aliphatic hydroxyl groups is 1. The van der Waals surface area contributed by atoms with Crippen molar-refractivity contribution in [1.29, 1.82) is 0 Å². The SMILES string of the molecule is CCNC(=NCC1CCCC1O)N(C)CCOCC1CC1.I. The van der Waals surface area contributed by atoms with Crippen LogP contribution in [-0.4, -0.2) is 62.0 Å². The lowest BCUT2D eigenvalue weighted by molar-refractivity contribution is 0.115. The van der Waals surface area contributed by atoms with Crippen molar-refractivity contribution in [2.24, 2.45) is 16.8 Å². The molecule has 2 rings (SSSR count). The topological polar surface area (TPSA) is 57.1 Å². The summed E-state index contributed by atoms with van der Waals surface area (Å²) in [7, 11) is 2.05. The lowest BCUT2D eigenvalue weighted by atomic mass is 10.1. The summed E-state index contributed by atoms with van der Waals surface area (Å²) < 4.78 is 5.69. The highest BCUT2D eigenvalue weighted by Gasteiger charge is 2.25. The largest absolute Gasteiger partial charge is 0.393 e. The van der Waals surface area contributed by atoms with Gasteiger partial charge in [-0.1, -0.05) is 6.42 Å². The Bertz CT molecular complexity index is 337. The van der Waals surface area contributed by atoms with E-state index in [4.69, 9.17) is 4.74 Å². The van der Waals surface area contributed by atoms with Crippen molar-refractivity contribution in [1.82, 2.24) is 10.2 Å². The second-order valence-electron chi connectivity index (χ2n) is 6.39. The van der Waals surface area contributed by atoms with Crippen LogP contribution in [0.5, 0.6) is 0 Å². The zero-order chi connectivity index (χ0) is 15.1. The second kappa shape index (κ2) is 10.6. The van der Waals surface area contributed by atoms with Crippen LogP contribution in [0.15, 0.2) is 4.99 Å². The minimum Gasteiger partial charge on any atom is -0.393 e. The molecule has 2 unspecified atom stereocenters. The number of aliphatic hydroxyl groups excluding tert-OH is 1. The molecule has 6 heteroatoms. The Labute approximate surface area is 151 Å². The normalized spacial score (nSPS) is 25.0. The van der Waals surface area contributed by atoms with Crippen molar-refractivity contribution < 1.29 is 9.84 Å². The molecule has 2 fully saturated rings. The van der Waals surface area contributed by atoms with Crippen LogP contribution in [-0.2, 0) is 4.74 Å². The highest BCUT2D eigenvalue weighted by Crippen LogP contribution is 2.28. The number of hydrogen-bond donors (Lipinski definition) is 2. The third-order valence-electron chi connectivity index (χ3n) is 4.41. The summed E-state index contributed by atoms with van der Waals surface area (Å²) in [4.78, 5) is 6.81. The molecule has 0 heterocycles. The zero-order valence-electron chi connectivity index (χ0n) is 14.0. The fourth-order valence-corrected chi connectivity index (χ4v) is 2.75. The predicted octanol–water partition coefficient (Wildman–Crippen LogP) is 2.09. The molecule has 2 N–H and O–H groups in total. The van der Waals surface area contributed by atoms with Gasteiger partial charge in [-0.15, -0.1) is 24.0 Å². The van der Waals surface area contributed by atoms with E-state index < -0.39 is 0 Å². The van der Waals surface area contributed by atoms with Crippen molar-refractivity contribution >= 4 is 29.9 Å². The molecular weight excluding hydrogens is 393 g/mol. The second-order valence-corrected chi connectivity index (χ2v) is 6.39. The molecule has 2 aliphatic rings. The highest BCUT2D eigenvalue weighted by molar-refractivity contribution is 14.0. The number of likely N-dealkylation sites (N-methyl/N-ethyl adjacent to an activating group) is 1. The summed E-state index contributed by atoms with van der Waals surface area (Å²) in [5.41, 5.74) is 0. The van der Waals surface area contributed by atoms with Crippen molar-refractivity contribution in [3.63, 3.8) is 0 Å². The van der Waals surface area contributed by atoms with E-state index in [0.29, 0.717) is 5.92 Å². The maximum atomic E-state index is 9.88. The summed E-state index contributed by atoms with van der Waals surface area (Å²) in [6, 6.07) is 0. The van der Waals surface area contributed by atoms with Gasteiger partial charge < -0.3 is 20.1 Å². The van der Waals surface area contributed by atoms with Gasteiger partial charge in [0.05, 0.1) is 12.7 Å². The number of halogens is 1. The number of nitrogens with one attached hydrogen (secondary N) is 1. The van der Waals surface area contributed by atoms with Gasteiger partial charge in [-0.2, -0.15) is 0 Å². The van der Waals surface area contributed by atoms with E-state index >= 15 is 0 Å². The lowest BCUT2D eigenvalue weighted by Gasteiger charge is -2.23. The molecular formula is C16H32IN3O2. The molecule has 130 valence electrons. The molecule has 22 heavy (non-hydrogen) atoms. The Morgan fingerprint density at radius 1 is 1.32 bits per heavy atom. The van der Waals surface area contributed by atoms with Crippen molar-refractivity contribution in [2.45, 2.75) is 45.1 Å². The van der Waals surface area contributed by atoms with Crippen molar-refractivity contribution in [2.75, 3.05) is 39.9 Å². The molecule has 0 aromatic heterocycles. The summed E-state index contributed by atoms with van der Waals surface area (Å²) in [5, 5.41) is 13.2. The molecule has 2 aliphatic carbocycles. The zero-order valence-corrected chi connectivity index (χ0v) is 16.3. The molecule has 0 saturated heterocycles. The number of nitrogens with zero attached hydrogens (tertiary/aromatic N) is 2.